The molecule has 270 valence electrons. The van der Waals surface area contributed by atoms with Crippen molar-refractivity contribution in [2.75, 3.05) is 0 Å². The van der Waals surface area contributed by atoms with E-state index in [-0.39, 0.29) is 35.6 Å². The fourth-order valence-electron chi connectivity index (χ4n) is 5.14. The Morgan fingerprint density at radius 1 is 0.680 bits per heavy atom. The fourth-order valence-corrected chi connectivity index (χ4v) is 5.14. The van der Waals surface area contributed by atoms with Crippen LogP contribution in [0.4, 0.5) is 0 Å². The number of halogens is 2. The molecule has 6 rings (SSSR count). The van der Waals surface area contributed by atoms with Crippen LogP contribution < -0.4 is 0 Å². The first-order valence-corrected chi connectivity index (χ1v) is 18.9. The van der Waals surface area contributed by atoms with Crippen LogP contribution in [0, 0.1) is 49.5 Å². The van der Waals surface area contributed by atoms with E-state index in [1.165, 1.54) is 80.7 Å². The molecule has 0 fully saturated rings. The standard InChI is InChI=1S/C21H25.C11H17.2C7H7.CH2.2ClH.Zr/c1-20(2,3)16-9-7-14-11-15-8-10-17(21(4,5)6)13-19(15)18(14)12-16;1-5-9-6-7-10(8-9)11(2,3)4;2*1-7-5-3-2-4-6-7;;;;/h7,9-10,12-13H,11H2,1-6H3;7-9H,5H2,1-4H3;2*3-6H,1H3;1H2;2*1H;/q4*-1;;;;. The average Bonchev–Trinajstić information content (AvgIpc) is 3.68. The Bertz CT molecular complexity index is 1510. The first kappa shape index (κ1) is 47.7. The van der Waals surface area contributed by atoms with Gasteiger partial charge in [-0.15, -0.1) is 30.4 Å². The molecule has 2 aliphatic carbocycles. The second-order valence-corrected chi connectivity index (χ2v) is 15.7. The molecule has 0 nitrogen and oxygen atoms in total. The van der Waals surface area contributed by atoms with E-state index < -0.39 is 0 Å². The zero-order valence-electron chi connectivity index (χ0n) is 32.7. The SMILES string of the molecule is CC(C)(C)c1c[c-]c2c(c1)-c1cc(C(C)(C)C)ccc1C2.CCC1[C-]=CC(C(C)(C)C)=C1.Cc1cc[c-]cc1.Cc1cc[c-]cc1.Cl.Cl.[CH2]=[Zr]. The van der Waals surface area contributed by atoms with E-state index in [0.29, 0.717) is 11.3 Å². The monoisotopic (exact) mass is 784 g/mol. The second kappa shape index (κ2) is 21.9. The van der Waals surface area contributed by atoms with Crippen LogP contribution in [-0.4, -0.2) is 4.21 Å². The van der Waals surface area contributed by atoms with E-state index in [1.807, 2.05) is 48.5 Å². The van der Waals surface area contributed by atoms with Crippen molar-refractivity contribution in [3.05, 3.63) is 154 Å². The Kier molecular flexibility index (Phi) is 20.9. The van der Waals surface area contributed by atoms with E-state index in [1.54, 1.807) is 0 Å². The first-order chi connectivity index (χ1) is 22.5. The molecular formula is C47H60Cl2Zr-4. The molecule has 2 aliphatic rings. The maximum atomic E-state index is 3.53. The van der Waals surface area contributed by atoms with Gasteiger partial charge in [-0.05, 0) is 17.4 Å². The predicted molar refractivity (Wildman–Crippen MR) is 222 cm³/mol. The molecule has 0 aliphatic heterocycles. The molecular weight excluding hydrogens is 727 g/mol. The Balaban J connectivity index is 0.000000697. The zero-order valence-corrected chi connectivity index (χ0v) is 36.8. The van der Waals surface area contributed by atoms with Gasteiger partial charge in [0.25, 0.3) is 0 Å². The zero-order chi connectivity index (χ0) is 36.1. The van der Waals surface area contributed by atoms with Crippen molar-refractivity contribution < 1.29 is 24.2 Å². The molecule has 0 saturated heterocycles. The number of benzene rings is 4. The first-order valence-electron chi connectivity index (χ1n) is 17.2. The van der Waals surface area contributed by atoms with Gasteiger partial charge in [0.2, 0.25) is 0 Å². The Morgan fingerprint density at radius 3 is 1.52 bits per heavy atom. The Morgan fingerprint density at radius 2 is 1.16 bits per heavy atom. The van der Waals surface area contributed by atoms with Crippen LogP contribution in [0.3, 0.4) is 0 Å². The summed E-state index contributed by atoms with van der Waals surface area (Å²) in [7, 11) is 0. The van der Waals surface area contributed by atoms with Crippen molar-refractivity contribution >= 4 is 29.0 Å². The van der Waals surface area contributed by atoms with Crippen LogP contribution in [0.5, 0.6) is 0 Å². The molecule has 0 heterocycles. The second-order valence-electron chi connectivity index (χ2n) is 15.7. The summed E-state index contributed by atoms with van der Waals surface area (Å²) in [5.74, 6) is 0.573. The van der Waals surface area contributed by atoms with Gasteiger partial charge in [-0.1, -0.05) is 136 Å². The maximum absolute atomic E-state index is 3.53. The number of aryl methyl sites for hydroxylation is 2. The minimum atomic E-state index is 0. The summed E-state index contributed by atoms with van der Waals surface area (Å²) in [6.07, 6.45) is 10.0. The number of allylic oxidation sites excluding steroid dienone is 4. The molecule has 0 N–H and O–H groups in total. The molecule has 1 atom stereocenters. The molecule has 0 saturated carbocycles. The van der Waals surface area contributed by atoms with Crippen LogP contribution >= 0.6 is 24.8 Å². The Labute approximate surface area is 334 Å². The van der Waals surface area contributed by atoms with E-state index in [0.717, 1.165) is 6.42 Å². The molecule has 4 aromatic carbocycles. The average molecular weight is 787 g/mol. The van der Waals surface area contributed by atoms with Crippen molar-refractivity contribution in [1.29, 1.82) is 0 Å². The van der Waals surface area contributed by atoms with E-state index in [2.05, 4.69) is 154 Å². The van der Waals surface area contributed by atoms with Crippen molar-refractivity contribution in [3.63, 3.8) is 0 Å². The van der Waals surface area contributed by atoms with Crippen LogP contribution in [0.2, 0.25) is 0 Å². The van der Waals surface area contributed by atoms with Gasteiger partial charge >= 0.3 is 28.4 Å². The normalized spacial score (nSPS) is 13.7. The molecule has 0 radical (unpaired) electrons. The molecule has 50 heavy (non-hydrogen) atoms. The number of hydrogen-bond donors (Lipinski definition) is 0. The van der Waals surface area contributed by atoms with Gasteiger partial charge in [0.15, 0.2) is 0 Å². The van der Waals surface area contributed by atoms with Gasteiger partial charge in [0, 0.05) is 0 Å². The molecule has 1 unspecified atom stereocenters. The summed E-state index contributed by atoms with van der Waals surface area (Å²) in [5, 5.41) is 0. The molecule has 0 amide bonds. The van der Waals surface area contributed by atoms with Gasteiger partial charge in [-0.2, -0.15) is 113 Å². The van der Waals surface area contributed by atoms with E-state index in [9.17, 15) is 0 Å². The van der Waals surface area contributed by atoms with E-state index in [4.69, 9.17) is 0 Å². The third-order valence-electron chi connectivity index (χ3n) is 8.44. The topological polar surface area (TPSA) is 0 Å². The summed E-state index contributed by atoms with van der Waals surface area (Å²) in [4.78, 5) is 0. The van der Waals surface area contributed by atoms with Crippen molar-refractivity contribution in [2.24, 2.45) is 11.3 Å². The van der Waals surface area contributed by atoms with Gasteiger partial charge in [-0.25, -0.2) is 6.08 Å². The fraction of sp³-hybridized carbons (Fsp3) is 0.383. The van der Waals surface area contributed by atoms with Crippen LogP contribution in [0.25, 0.3) is 11.1 Å². The van der Waals surface area contributed by atoms with Crippen LogP contribution in [-0.2, 0) is 41.5 Å². The summed E-state index contributed by atoms with van der Waals surface area (Å²) in [6.45, 7) is 26.7. The van der Waals surface area contributed by atoms with Crippen LogP contribution in [0.1, 0.15) is 109 Å². The third-order valence-corrected chi connectivity index (χ3v) is 8.44. The van der Waals surface area contributed by atoms with Crippen molar-refractivity contribution in [3.8, 4) is 11.1 Å². The Hall–Kier alpha value is -2.31. The summed E-state index contributed by atoms with van der Waals surface area (Å²) >= 11 is 1.30. The molecule has 0 aromatic heterocycles. The van der Waals surface area contributed by atoms with Crippen molar-refractivity contribution in [1.82, 2.24) is 0 Å². The minimum absolute atomic E-state index is 0. The number of hydrogen-bond acceptors (Lipinski definition) is 0. The van der Waals surface area contributed by atoms with Gasteiger partial charge in [-0.3, -0.25) is 6.08 Å². The third kappa shape index (κ3) is 15.5. The van der Waals surface area contributed by atoms with Gasteiger partial charge < -0.3 is 0 Å². The number of fused-ring (bicyclic) bond motifs is 3. The van der Waals surface area contributed by atoms with Gasteiger partial charge in [0.05, 0.1) is 0 Å². The van der Waals surface area contributed by atoms with Crippen LogP contribution in [0.15, 0.2) is 96.6 Å². The predicted octanol–water partition coefficient (Wildman–Crippen LogP) is 13.4. The molecule has 0 bridgehead atoms. The van der Waals surface area contributed by atoms with E-state index >= 15 is 0 Å². The van der Waals surface area contributed by atoms with Crippen molar-refractivity contribution in [2.45, 2.75) is 107 Å². The quantitative estimate of drug-likeness (QED) is 0.149. The summed E-state index contributed by atoms with van der Waals surface area (Å²) < 4.78 is 3.34. The van der Waals surface area contributed by atoms with Gasteiger partial charge in [0.1, 0.15) is 0 Å². The summed E-state index contributed by atoms with van der Waals surface area (Å²) in [5.41, 5.74) is 13.1. The molecule has 4 aromatic rings. The number of rotatable bonds is 1. The molecule has 0 spiro atoms. The summed E-state index contributed by atoms with van der Waals surface area (Å²) in [6, 6.07) is 36.7. The molecule has 3 heteroatoms.